The fourth-order valence-electron chi connectivity index (χ4n) is 3.63. The summed E-state index contributed by atoms with van der Waals surface area (Å²) in [6.07, 6.45) is 2.81. The van der Waals surface area contributed by atoms with E-state index in [0.29, 0.717) is 18.0 Å². The third-order valence-electron chi connectivity index (χ3n) is 5.39. The van der Waals surface area contributed by atoms with Crippen LogP contribution < -0.4 is 16.0 Å². The van der Waals surface area contributed by atoms with Gasteiger partial charge in [-0.05, 0) is 50.8 Å². The molecule has 0 saturated heterocycles. The maximum absolute atomic E-state index is 12.7. The van der Waals surface area contributed by atoms with Crippen molar-refractivity contribution in [2.45, 2.75) is 77.9 Å². The molecule has 1 aromatic carbocycles. The minimum atomic E-state index is -3.71. The second-order valence-electron chi connectivity index (χ2n) is 6.73. The van der Waals surface area contributed by atoms with Crippen molar-refractivity contribution in [3.05, 3.63) is 39.0 Å². The van der Waals surface area contributed by atoms with Crippen LogP contribution in [0.3, 0.4) is 0 Å². The molecule has 1 aliphatic rings. The van der Waals surface area contributed by atoms with E-state index in [2.05, 4.69) is 11.6 Å². The van der Waals surface area contributed by atoms with Crippen molar-refractivity contribution in [3.63, 3.8) is 0 Å². The molecule has 1 aromatic heterocycles. The van der Waals surface area contributed by atoms with Gasteiger partial charge in [0.25, 0.3) is 5.56 Å². The van der Waals surface area contributed by atoms with Gasteiger partial charge in [-0.2, -0.15) is 0 Å². The molecular weight excluding hydrogens is 406 g/mol. The van der Waals surface area contributed by atoms with Crippen LogP contribution in [0.2, 0.25) is 0 Å². The number of aromatic nitrogens is 2. The van der Waals surface area contributed by atoms with Gasteiger partial charge in [-0.15, -0.1) is 0 Å². The highest BCUT2D eigenvalue weighted by molar-refractivity contribution is 7.89. The van der Waals surface area contributed by atoms with Crippen LogP contribution in [0.15, 0.2) is 32.7 Å². The first-order chi connectivity index (χ1) is 14.3. The minimum absolute atomic E-state index is 0.0439. The number of hydrogen-bond donors (Lipinski definition) is 2. The van der Waals surface area contributed by atoms with Crippen molar-refractivity contribution in [3.8, 4) is 0 Å². The van der Waals surface area contributed by atoms with E-state index in [-0.39, 0.29) is 28.6 Å². The molecule has 8 nitrogen and oxygen atoms in total. The molecule has 170 valence electrons. The first-order valence-electron chi connectivity index (χ1n) is 10.6. The number of fused-ring (bicyclic) bond motifs is 1. The molecule has 9 heteroatoms. The molecule has 0 unspecified atom stereocenters. The van der Waals surface area contributed by atoms with E-state index >= 15 is 0 Å². The lowest BCUT2D eigenvalue weighted by Gasteiger charge is -2.36. The highest BCUT2D eigenvalue weighted by atomic mass is 32.2. The third-order valence-corrected chi connectivity index (χ3v) is 6.87. The van der Waals surface area contributed by atoms with Gasteiger partial charge in [0.05, 0.1) is 15.8 Å². The van der Waals surface area contributed by atoms with Crippen molar-refractivity contribution >= 4 is 20.9 Å². The molecule has 0 amide bonds. The predicted molar refractivity (Wildman–Crippen MR) is 120 cm³/mol. The van der Waals surface area contributed by atoms with E-state index in [9.17, 15) is 18.0 Å². The number of aliphatic hydroxyl groups excluding tert-OH is 1. The van der Waals surface area contributed by atoms with Gasteiger partial charge < -0.3 is 5.11 Å². The largest absolute Gasteiger partial charge is 0.400 e. The van der Waals surface area contributed by atoms with E-state index in [0.717, 1.165) is 30.9 Å². The van der Waals surface area contributed by atoms with Gasteiger partial charge in [0.2, 0.25) is 10.0 Å². The average molecular weight is 442 g/mol. The third kappa shape index (κ3) is 5.01. The van der Waals surface area contributed by atoms with Crippen LogP contribution in [0.5, 0.6) is 0 Å². The van der Waals surface area contributed by atoms with E-state index in [1.54, 1.807) is 13.0 Å². The van der Waals surface area contributed by atoms with Crippen LogP contribution in [0.25, 0.3) is 10.9 Å². The van der Waals surface area contributed by atoms with Crippen LogP contribution in [0.4, 0.5) is 0 Å². The number of hydrogen-bond acceptors (Lipinski definition) is 5. The summed E-state index contributed by atoms with van der Waals surface area (Å²) in [7, 11) is -2.71. The molecule has 1 saturated carbocycles. The smallest absolute Gasteiger partial charge is 0.331 e. The fourth-order valence-corrected chi connectivity index (χ4v) is 5.00. The van der Waals surface area contributed by atoms with Gasteiger partial charge in [-0.1, -0.05) is 27.2 Å². The number of rotatable bonds is 6. The molecule has 3 rings (SSSR count). The Morgan fingerprint density at radius 2 is 1.63 bits per heavy atom. The summed E-state index contributed by atoms with van der Waals surface area (Å²) in [6, 6.07) is 4.36. The van der Waals surface area contributed by atoms with Gasteiger partial charge >= 0.3 is 5.69 Å². The summed E-state index contributed by atoms with van der Waals surface area (Å²) < 4.78 is 30.9. The number of aliphatic hydroxyl groups is 1. The first-order valence-corrected chi connectivity index (χ1v) is 12.1. The average Bonchev–Trinajstić information content (AvgIpc) is 2.75. The molecule has 0 radical (unpaired) electrons. The Labute approximate surface area is 178 Å². The number of benzene rings is 1. The Kier molecular flexibility index (Phi) is 9.93. The topological polar surface area (TPSA) is 110 Å². The molecule has 2 N–H and O–H groups in total. The first kappa shape index (κ1) is 26.1. The van der Waals surface area contributed by atoms with Gasteiger partial charge in [-0.3, -0.25) is 13.9 Å². The Morgan fingerprint density at radius 1 is 1.03 bits per heavy atom. The summed E-state index contributed by atoms with van der Waals surface area (Å²) >= 11 is 0. The van der Waals surface area contributed by atoms with Gasteiger partial charge in [0.15, 0.2) is 0 Å². The second-order valence-corrected chi connectivity index (χ2v) is 8.44. The standard InChI is InChI=1S/C18H25N3O4S.C2H6.CH4O/c1-4-12-7-9-15(12)19-26(24,25)13-8-10-16-14(11-13)17(22)21(6-3)18(23)20(16)5-2;2*1-2/h8,10-12,15,19H,4-7,9H2,1-3H3;1-2H3;2H,1H3/t12-,15-;;/m1../s1. The highest BCUT2D eigenvalue weighted by Crippen LogP contribution is 2.31. The van der Waals surface area contributed by atoms with Crippen molar-refractivity contribution in [1.82, 2.24) is 13.9 Å². The van der Waals surface area contributed by atoms with Crippen molar-refractivity contribution in [2.75, 3.05) is 7.11 Å². The zero-order chi connectivity index (χ0) is 23.1. The SMILES string of the molecule is CC.CC[C@@H]1CC[C@H]1NS(=O)(=O)c1ccc2c(c1)c(=O)n(CC)c(=O)n2CC.CO. The lowest BCUT2D eigenvalue weighted by molar-refractivity contribution is 0.230. The van der Waals surface area contributed by atoms with E-state index < -0.39 is 15.6 Å². The van der Waals surface area contributed by atoms with Crippen molar-refractivity contribution < 1.29 is 13.5 Å². The normalized spacial score (nSPS) is 18.0. The van der Waals surface area contributed by atoms with Crippen LogP contribution in [-0.2, 0) is 23.1 Å². The van der Waals surface area contributed by atoms with Gasteiger partial charge in [0, 0.05) is 26.2 Å². The van der Waals surface area contributed by atoms with Crippen LogP contribution in [0, 0.1) is 5.92 Å². The van der Waals surface area contributed by atoms with Crippen molar-refractivity contribution in [2.24, 2.45) is 5.92 Å². The molecule has 30 heavy (non-hydrogen) atoms. The van der Waals surface area contributed by atoms with Crippen LogP contribution in [-0.4, -0.2) is 35.8 Å². The highest BCUT2D eigenvalue weighted by Gasteiger charge is 2.33. The lowest BCUT2D eigenvalue weighted by Crippen LogP contribution is -2.46. The molecule has 1 fully saturated rings. The summed E-state index contributed by atoms with van der Waals surface area (Å²) in [4.78, 5) is 25.1. The molecule has 2 atom stereocenters. The minimum Gasteiger partial charge on any atom is -0.400 e. The quantitative estimate of drug-likeness (QED) is 0.715. The zero-order valence-corrected chi connectivity index (χ0v) is 19.6. The number of aryl methyl sites for hydroxylation is 1. The molecule has 0 bridgehead atoms. The van der Waals surface area contributed by atoms with Crippen molar-refractivity contribution in [1.29, 1.82) is 0 Å². The number of nitrogens with one attached hydrogen (secondary N) is 1. The second kappa shape index (κ2) is 11.4. The molecule has 1 heterocycles. The fraction of sp³-hybridized carbons (Fsp3) is 0.619. The van der Waals surface area contributed by atoms with E-state index in [1.807, 2.05) is 20.8 Å². The Bertz CT molecular complexity index is 1050. The summed E-state index contributed by atoms with van der Waals surface area (Å²) in [5.41, 5.74) is -0.368. The van der Waals surface area contributed by atoms with Gasteiger partial charge in [0.1, 0.15) is 0 Å². The van der Waals surface area contributed by atoms with Crippen LogP contribution >= 0.6 is 0 Å². The molecule has 1 aliphatic carbocycles. The summed E-state index contributed by atoms with van der Waals surface area (Å²) in [6.45, 7) is 10.2. The van der Waals surface area contributed by atoms with Crippen LogP contribution in [0.1, 0.15) is 53.9 Å². The Hall–Kier alpha value is -1.97. The molecule has 0 spiro atoms. The predicted octanol–water partition coefficient (Wildman–Crippen LogP) is 2.30. The maximum atomic E-state index is 12.7. The monoisotopic (exact) mass is 441 g/mol. The molecule has 0 aliphatic heterocycles. The van der Waals surface area contributed by atoms with E-state index in [4.69, 9.17) is 5.11 Å². The maximum Gasteiger partial charge on any atom is 0.331 e. The number of nitrogens with zero attached hydrogens (tertiary/aromatic N) is 2. The summed E-state index contributed by atoms with van der Waals surface area (Å²) in [5.74, 6) is 0.368. The molecular formula is C21H35N3O5S. The number of sulfonamides is 1. The lowest BCUT2D eigenvalue weighted by atomic mass is 9.79. The van der Waals surface area contributed by atoms with E-state index in [1.165, 1.54) is 16.7 Å². The molecule has 2 aromatic rings. The Balaban J connectivity index is 0.00000106. The van der Waals surface area contributed by atoms with Gasteiger partial charge in [-0.25, -0.2) is 17.9 Å². The Morgan fingerprint density at radius 3 is 2.10 bits per heavy atom. The zero-order valence-electron chi connectivity index (χ0n) is 18.8. The summed E-state index contributed by atoms with van der Waals surface area (Å²) in [5, 5.41) is 7.25.